The summed E-state index contributed by atoms with van der Waals surface area (Å²) in [7, 11) is 0. The van der Waals surface area contributed by atoms with Gasteiger partial charge in [0, 0.05) is 24.8 Å². The van der Waals surface area contributed by atoms with Crippen molar-refractivity contribution in [3.05, 3.63) is 53.6 Å². The van der Waals surface area contributed by atoms with Crippen molar-refractivity contribution in [3.8, 4) is 0 Å². The Morgan fingerprint density at radius 2 is 1.75 bits per heavy atom. The second-order valence-electron chi connectivity index (χ2n) is 5.61. The Balaban J connectivity index is 1.79. The fourth-order valence-electron chi connectivity index (χ4n) is 2.82. The minimum Gasteiger partial charge on any atom is -0.375 e. The Labute approximate surface area is 135 Å². The summed E-state index contributed by atoms with van der Waals surface area (Å²) in [5, 5.41) is 2.51. The number of rotatable bonds is 3. The van der Waals surface area contributed by atoms with E-state index in [2.05, 4.69) is 10.3 Å². The lowest BCUT2D eigenvalue weighted by Gasteiger charge is -2.35. The zero-order valence-corrected chi connectivity index (χ0v) is 12.5. The van der Waals surface area contributed by atoms with Gasteiger partial charge in [0.05, 0.1) is 0 Å². The van der Waals surface area contributed by atoms with E-state index in [1.165, 1.54) is 12.1 Å². The van der Waals surface area contributed by atoms with Gasteiger partial charge in [-0.2, -0.15) is 22.5 Å². The van der Waals surface area contributed by atoms with Gasteiger partial charge in [-0.05, 0) is 31.0 Å². The van der Waals surface area contributed by atoms with E-state index < -0.39 is 41.1 Å². The molecule has 1 aliphatic rings. The minimum atomic E-state index is -1.70. The van der Waals surface area contributed by atoms with Gasteiger partial charge < -0.3 is 10.2 Å². The van der Waals surface area contributed by atoms with Crippen molar-refractivity contribution in [3.63, 3.8) is 0 Å². The van der Waals surface area contributed by atoms with Crippen molar-refractivity contribution >= 4 is 11.4 Å². The van der Waals surface area contributed by atoms with Gasteiger partial charge >= 0.3 is 0 Å². The number of halogens is 5. The Bertz CT molecular complexity index is 726. The molecule has 1 aromatic heterocycles. The molecule has 0 aliphatic carbocycles. The van der Waals surface area contributed by atoms with Crippen LogP contribution in [0.2, 0.25) is 0 Å². The maximum Gasteiger partial charge on any atom is 0.253 e. The average Bonchev–Trinajstić information content (AvgIpc) is 2.57. The van der Waals surface area contributed by atoms with Crippen LogP contribution in [-0.4, -0.2) is 24.1 Å². The molecule has 1 atom stereocenters. The number of anilines is 2. The Kier molecular flexibility index (Phi) is 4.55. The van der Waals surface area contributed by atoms with Crippen LogP contribution in [0.25, 0.3) is 0 Å². The van der Waals surface area contributed by atoms with Crippen LogP contribution in [0.5, 0.6) is 0 Å². The number of nitrogens with one attached hydrogen (secondary N) is 1. The summed E-state index contributed by atoms with van der Waals surface area (Å²) in [5.74, 6) is -6.91. The molecule has 1 aliphatic heterocycles. The fraction of sp³-hybridized carbons (Fsp3) is 0.312. The monoisotopic (exact) mass is 343 g/mol. The molecule has 2 heterocycles. The average molecular weight is 343 g/mol. The lowest BCUT2D eigenvalue weighted by Crippen LogP contribution is -2.42. The van der Waals surface area contributed by atoms with E-state index in [0.717, 1.165) is 0 Å². The topological polar surface area (TPSA) is 28.2 Å². The first-order valence-electron chi connectivity index (χ1n) is 7.42. The molecule has 3 rings (SSSR count). The van der Waals surface area contributed by atoms with Gasteiger partial charge in [-0.15, -0.1) is 0 Å². The predicted octanol–water partition coefficient (Wildman–Crippen LogP) is 3.86. The fourth-order valence-corrected chi connectivity index (χ4v) is 2.82. The number of hydrogen-bond donors (Lipinski definition) is 1. The quantitative estimate of drug-likeness (QED) is 0.678. The molecule has 1 fully saturated rings. The molecule has 3 nitrogen and oxygen atoms in total. The van der Waals surface area contributed by atoms with Crippen molar-refractivity contribution in [1.82, 2.24) is 4.98 Å². The van der Waals surface area contributed by atoms with Gasteiger partial charge in [0.25, 0.3) is 11.9 Å². The molecule has 0 spiro atoms. The molecule has 0 radical (unpaired) electrons. The van der Waals surface area contributed by atoms with Crippen molar-refractivity contribution in [2.75, 3.05) is 23.3 Å². The molecule has 0 amide bonds. The van der Waals surface area contributed by atoms with Crippen molar-refractivity contribution < 1.29 is 22.0 Å². The number of benzene rings is 1. The van der Waals surface area contributed by atoms with E-state index in [1.807, 2.05) is 4.90 Å². The van der Waals surface area contributed by atoms with Crippen LogP contribution >= 0.6 is 0 Å². The van der Waals surface area contributed by atoms with Crippen LogP contribution in [0.4, 0.5) is 33.3 Å². The van der Waals surface area contributed by atoms with Gasteiger partial charge in [-0.3, -0.25) is 0 Å². The van der Waals surface area contributed by atoms with Crippen LogP contribution < -0.4 is 10.2 Å². The van der Waals surface area contributed by atoms with Gasteiger partial charge in [-0.25, -0.2) is 4.39 Å². The largest absolute Gasteiger partial charge is 0.375 e. The second kappa shape index (κ2) is 6.62. The maximum atomic E-state index is 13.7. The predicted molar refractivity (Wildman–Crippen MR) is 79.3 cm³/mol. The molecule has 8 heteroatoms. The molecule has 24 heavy (non-hydrogen) atoms. The van der Waals surface area contributed by atoms with Crippen LogP contribution in [0.15, 0.2) is 24.3 Å². The van der Waals surface area contributed by atoms with E-state index in [-0.39, 0.29) is 0 Å². The molecule has 1 aromatic carbocycles. The summed E-state index contributed by atoms with van der Waals surface area (Å²) in [6, 6.07) is 5.51. The Morgan fingerprint density at radius 3 is 2.42 bits per heavy atom. The molecule has 2 aromatic rings. The molecule has 1 N–H and O–H groups in total. The summed E-state index contributed by atoms with van der Waals surface area (Å²) in [5.41, 5.74) is -0.236. The third-order valence-corrected chi connectivity index (χ3v) is 3.94. The Morgan fingerprint density at radius 1 is 1.04 bits per heavy atom. The zero-order chi connectivity index (χ0) is 17.3. The first-order valence-corrected chi connectivity index (χ1v) is 7.42. The second-order valence-corrected chi connectivity index (χ2v) is 5.61. The molecular weight excluding hydrogens is 329 g/mol. The van der Waals surface area contributed by atoms with Gasteiger partial charge in [-0.1, -0.05) is 6.07 Å². The molecule has 0 bridgehead atoms. The lowest BCUT2D eigenvalue weighted by atomic mass is 10.0. The highest BCUT2D eigenvalue weighted by atomic mass is 19.2. The number of pyridine rings is 1. The van der Waals surface area contributed by atoms with E-state index >= 15 is 0 Å². The van der Waals surface area contributed by atoms with Crippen LogP contribution in [0.3, 0.4) is 0 Å². The van der Waals surface area contributed by atoms with Gasteiger partial charge in [0.2, 0.25) is 11.6 Å². The summed E-state index contributed by atoms with van der Waals surface area (Å²) in [6.07, 6.45) is 1.23. The highest BCUT2D eigenvalue weighted by molar-refractivity contribution is 5.50. The van der Waals surface area contributed by atoms with Gasteiger partial charge in [0.15, 0.2) is 0 Å². The maximum absolute atomic E-state index is 13.7. The molecule has 0 saturated carbocycles. The molecular formula is C16H14F5N3. The Hall–Kier alpha value is -2.38. The van der Waals surface area contributed by atoms with Crippen LogP contribution in [0.1, 0.15) is 12.8 Å². The summed E-state index contributed by atoms with van der Waals surface area (Å²) in [6.45, 7) is 0.958. The van der Waals surface area contributed by atoms with Crippen molar-refractivity contribution in [1.29, 1.82) is 0 Å². The van der Waals surface area contributed by atoms with E-state index in [9.17, 15) is 22.0 Å². The van der Waals surface area contributed by atoms with E-state index in [1.54, 1.807) is 12.1 Å². The van der Waals surface area contributed by atoms with Crippen LogP contribution in [0, 0.1) is 29.3 Å². The van der Waals surface area contributed by atoms with Crippen LogP contribution in [-0.2, 0) is 0 Å². The first-order chi connectivity index (χ1) is 11.5. The van der Waals surface area contributed by atoms with Crippen molar-refractivity contribution in [2.45, 2.75) is 18.9 Å². The highest BCUT2D eigenvalue weighted by Gasteiger charge is 2.26. The van der Waals surface area contributed by atoms with Gasteiger partial charge in [0.1, 0.15) is 11.5 Å². The first kappa shape index (κ1) is 16.5. The van der Waals surface area contributed by atoms with E-state index in [4.69, 9.17) is 0 Å². The number of hydrogen-bond acceptors (Lipinski definition) is 3. The SMILES string of the molecule is Fc1cccc(N2CCCC(Nc3c(F)c(F)nc(F)c3F)C2)c1. The zero-order valence-electron chi connectivity index (χ0n) is 12.5. The van der Waals surface area contributed by atoms with Crippen molar-refractivity contribution in [2.24, 2.45) is 0 Å². The normalized spacial score (nSPS) is 17.9. The number of nitrogens with zero attached hydrogens (tertiary/aromatic N) is 2. The summed E-state index contributed by atoms with van der Waals surface area (Å²) < 4.78 is 67.1. The molecule has 1 saturated heterocycles. The third-order valence-electron chi connectivity index (χ3n) is 3.94. The standard InChI is InChI=1S/C16H14F5N3/c17-9-3-1-5-11(7-9)24-6-2-4-10(8-24)22-14-12(18)15(20)23-16(21)13(14)19/h1,3,5,7,10H,2,4,6,8H2,(H,22,23). The number of piperidine rings is 1. The van der Waals surface area contributed by atoms with E-state index in [0.29, 0.717) is 31.6 Å². The molecule has 128 valence electrons. The minimum absolute atomic E-state index is 0.313. The summed E-state index contributed by atoms with van der Waals surface area (Å²) >= 11 is 0. The third kappa shape index (κ3) is 3.27. The smallest absolute Gasteiger partial charge is 0.253 e. The highest BCUT2D eigenvalue weighted by Crippen LogP contribution is 2.26. The molecule has 1 unspecified atom stereocenters. The number of aromatic nitrogens is 1. The lowest BCUT2D eigenvalue weighted by molar-refractivity contribution is 0.407. The summed E-state index contributed by atoms with van der Waals surface area (Å²) in [4.78, 5) is 4.36.